The highest BCUT2D eigenvalue weighted by Gasteiger charge is 2.37. The summed E-state index contributed by atoms with van der Waals surface area (Å²) in [5, 5.41) is 7.09. The second kappa shape index (κ2) is 7.41. The van der Waals surface area contributed by atoms with Gasteiger partial charge in [0.05, 0.1) is 17.6 Å². The summed E-state index contributed by atoms with van der Waals surface area (Å²) in [7, 11) is 4.07. The number of furan rings is 1. The summed E-state index contributed by atoms with van der Waals surface area (Å²) < 4.78 is 5.71. The van der Waals surface area contributed by atoms with Crippen molar-refractivity contribution in [3.63, 3.8) is 0 Å². The van der Waals surface area contributed by atoms with Gasteiger partial charge in [0.1, 0.15) is 11.8 Å². The van der Waals surface area contributed by atoms with Gasteiger partial charge in [0.2, 0.25) is 0 Å². The van der Waals surface area contributed by atoms with Gasteiger partial charge < -0.3 is 20.0 Å². The number of fused-ring (bicyclic) bond motifs is 1. The summed E-state index contributed by atoms with van der Waals surface area (Å²) in [6, 6.07) is 20.1. The lowest BCUT2D eigenvalue weighted by Gasteiger charge is -2.29. The molecule has 5 heteroatoms. The molecule has 1 aliphatic heterocycles. The number of nitrogens with zero attached hydrogens (tertiary/aromatic N) is 1. The number of Topliss-reactive ketones (excluding diaryl/α,β-unsaturated/α-hetero) is 1. The molecule has 0 radical (unpaired) electrons. The van der Waals surface area contributed by atoms with Crippen molar-refractivity contribution in [1.82, 2.24) is 0 Å². The van der Waals surface area contributed by atoms with Crippen LogP contribution in [0.1, 0.15) is 36.1 Å². The summed E-state index contributed by atoms with van der Waals surface area (Å²) in [5.74, 6) is 1.07. The summed E-state index contributed by atoms with van der Waals surface area (Å²) in [6.07, 6.45) is 2.94. The SMILES string of the molecule is CN(C)c1ccc([C@@H]2CC(=O)C3=C(C2)Nc2ccccc2N[C@H]3c2ccco2)cc1. The van der Waals surface area contributed by atoms with Crippen LogP contribution in [-0.2, 0) is 4.79 Å². The van der Waals surface area contributed by atoms with Gasteiger partial charge in [0.25, 0.3) is 0 Å². The standard InChI is InChI=1S/C25H25N3O2/c1-28(2)18-11-9-16(10-12-18)17-14-21-24(22(29)15-17)25(23-8-5-13-30-23)27-20-7-4-3-6-19(20)26-21/h3-13,17,25-27H,14-15H2,1-2H3/t17-,25-/m0/s1. The van der Waals surface area contributed by atoms with E-state index in [1.807, 2.05) is 50.5 Å². The molecule has 5 nitrogen and oxygen atoms in total. The lowest BCUT2D eigenvalue weighted by Crippen LogP contribution is -2.26. The lowest BCUT2D eigenvalue weighted by atomic mass is 9.79. The lowest BCUT2D eigenvalue weighted by molar-refractivity contribution is -0.116. The van der Waals surface area contributed by atoms with Gasteiger partial charge in [0, 0.05) is 37.5 Å². The zero-order valence-electron chi connectivity index (χ0n) is 17.2. The van der Waals surface area contributed by atoms with Gasteiger partial charge >= 0.3 is 0 Å². The number of nitrogens with one attached hydrogen (secondary N) is 2. The zero-order valence-corrected chi connectivity index (χ0v) is 17.2. The molecule has 2 aliphatic rings. The number of carbonyl (C=O) groups excluding carboxylic acids is 1. The van der Waals surface area contributed by atoms with Gasteiger partial charge in [-0.2, -0.15) is 0 Å². The third-order valence-electron chi connectivity index (χ3n) is 6.02. The quantitative estimate of drug-likeness (QED) is 0.624. The first-order valence-corrected chi connectivity index (χ1v) is 10.3. The molecule has 0 saturated heterocycles. The van der Waals surface area contributed by atoms with Crippen LogP contribution in [0.4, 0.5) is 17.1 Å². The minimum absolute atomic E-state index is 0.155. The molecule has 1 aromatic heterocycles. The van der Waals surface area contributed by atoms with Crippen molar-refractivity contribution < 1.29 is 9.21 Å². The predicted octanol–water partition coefficient (Wildman–Crippen LogP) is 5.33. The van der Waals surface area contributed by atoms with Crippen molar-refractivity contribution >= 4 is 22.8 Å². The average molecular weight is 399 g/mol. The van der Waals surface area contributed by atoms with E-state index in [-0.39, 0.29) is 17.7 Å². The highest BCUT2D eigenvalue weighted by molar-refractivity contribution is 6.01. The van der Waals surface area contributed by atoms with Crippen LogP contribution in [-0.4, -0.2) is 19.9 Å². The molecule has 0 spiro atoms. The third-order valence-corrected chi connectivity index (χ3v) is 6.02. The van der Waals surface area contributed by atoms with Crippen LogP contribution in [0.3, 0.4) is 0 Å². The number of hydrogen-bond donors (Lipinski definition) is 2. The Hall–Kier alpha value is -3.47. The summed E-state index contributed by atoms with van der Waals surface area (Å²) in [4.78, 5) is 15.5. The molecule has 0 fully saturated rings. The zero-order chi connectivity index (χ0) is 20.7. The molecule has 0 unspecified atom stereocenters. The normalized spacial score (nSPS) is 20.5. The Bertz CT molecular complexity index is 1100. The van der Waals surface area contributed by atoms with Crippen LogP contribution in [0.2, 0.25) is 0 Å². The minimum Gasteiger partial charge on any atom is -0.467 e. The maximum atomic E-state index is 13.4. The van der Waals surface area contributed by atoms with E-state index in [2.05, 4.69) is 39.8 Å². The number of para-hydroxylation sites is 2. The first kappa shape index (κ1) is 18.6. The average Bonchev–Trinajstić information content (AvgIpc) is 3.22. The molecule has 30 heavy (non-hydrogen) atoms. The Morgan fingerprint density at radius 3 is 2.40 bits per heavy atom. The molecular formula is C25H25N3O2. The Kier molecular flexibility index (Phi) is 4.58. The molecule has 3 aromatic rings. The van der Waals surface area contributed by atoms with Crippen LogP contribution >= 0.6 is 0 Å². The van der Waals surface area contributed by atoms with E-state index in [0.717, 1.165) is 40.5 Å². The molecule has 2 N–H and O–H groups in total. The Labute approximate surface area is 176 Å². The molecule has 2 atom stereocenters. The van der Waals surface area contributed by atoms with E-state index in [1.54, 1.807) is 6.26 Å². The van der Waals surface area contributed by atoms with Crippen LogP contribution < -0.4 is 15.5 Å². The smallest absolute Gasteiger partial charge is 0.163 e. The molecule has 0 saturated carbocycles. The van der Waals surface area contributed by atoms with E-state index < -0.39 is 0 Å². The summed E-state index contributed by atoms with van der Waals surface area (Å²) in [6.45, 7) is 0. The van der Waals surface area contributed by atoms with Gasteiger partial charge in [-0.25, -0.2) is 0 Å². The first-order chi connectivity index (χ1) is 14.6. The van der Waals surface area contributed by atoms with Crippen molar-refractivity contribution in [3.8, 4) is 0 Å². The number of hydrogen-bond acceptors (Lipinski definition) is 5. The Morgan fingerprint density at radius 2 is 1.70 bits per heavy atom. The Morgan fingerprint density at radius 1 is 0.933 bits per heavy atom. The topological polar surface area (TPSA) is 57.5 Å². The van der Waals surface area contributed by atoms with E-state index in [9.17, 15) is 4.79 Å². The largest absolute Gasteiger partial charge is 0.467 e. The van der Waals surface area contributed by atoms with Gasteiger partial charge in [-0.1, -0.05) is 24.3 Å². The van der Waals surface area contributed by atoms with Crippen molar-refractivity contribution in [3.05, 3.63) is 89.5 Å². The molecule has 1 aliphatic carbocycles. The first-order valence-electron chi connectivity index (χ1n) is 10.3. The van der Waals surface area contributed by atoms with Crippen molar-refractivity contribution in [2.45, 2.75) is 24.8 Å². The van der Waals surface area contributed by atoms with Gasteiger partial charge in [-0.15, -0.1) is 0 Å². The second-order valence-electron chi connectivity index (χ2n) is 8.17. The molecule has 152 valence electrons. The van der Waals surface area contributed by atoms with E-state index in [4.69, 9.17) is 4.42 Å². The monoisotopic (exact) mass is 399 g/mol. The molecule has 2 aromatic carbocycles. The fourth-order valence-corrected chi connectivity index (χ4v) is 4.44. The molecule has 2 heterocycles. The van der Waals surface area contributed by atoms with Gasteiger partial charge in [0.15, 0.2) is 5.78 Å². The highest BCUT2D eigenvalue weighted by Crippen LogP contribution is 2.44. The van der Waals surface area contributed by atoms with Crippen LogP contribution in [0.25, 0.3) is 0 Å². The number of rotatable bonds is 3. The summed E-state index contributed by atoms with van der Waals surface area (Å²) in [5.41, 5.74) is 6.06. The molecule has 0 amide bonds. The van der Waals surface area contributed by atoms with Crippen LogP contribution in [0, 0.1) is 0 Å². The number of ketones is 1. The van der Waals surface area contributed by atoms with E-state index in [1.165, 1.54) is 5.56 Å². The molecular weight excluding hydrogens is 374 g/mol. The Balaban J connectivity index is 1.54. The fourth-order valence-electron chi connectivity index (χ4n) is 4.44. The number of allylic oxidation sites excluding steroid dienone is 1. The van der Waals surface area contributed by atoms with Crippen molar-refractivity contribution in [2.24, 2.45) is 0 Å². The number of benzene rings is 2. The third kappa shape index (κ3) is 3.26. The predicted molar refractivity (Wildman–Crippen MR) is 120 cm³/mol. The molecule has 5 rings (SSSR count). The molecule has 0 bridgehead atoms. The van der Waals surface area contributed by atoms with E-state index >= 15 is 0 Å². The maximum absolute atomic E-state index is 13.4. The highest BCUT2D eigenvalue weighted by atomic mass is 16.3. The van der Waals surface area contributed by atoms with Gasteiger partial charge in [-0.3, -0.25) is 4.79 Å². The number of carbonyl (C=O) groups is 1. The van der Waals surface area contributed by atoms with Gasteiger partial charge in [-0.05, 0) is 54.3 Å². The van der Waals surface area contributed by atoms with Crippen LogP contribution in [0.15, 0.2) is 82.6 Å². The maximum Gasteiger partial charge on any atom is 0.163 e. The van der Waals surface area contributed by atoms with Crippen molar-refractivity contribution in [1.29, 1.82) is 0 Å². The summed E-state index contributed by atoms with van der Waals surface area (Å²) >= 11 is 0. The van der Waals surface area contributed by atoms with Crippen molar-refractivity contribution in [2.75, 3.05) is 29.6 Å². The number of anilines is 3. The fraction of sp³-hybridized carbons (Fsp3) is 0.240. The van der Waals surface area contributed by atoms with E-state index in [0.29, 0.717) is 6.42 Å². The minimum atomic E-state index is -0.296. The van der Waals surface area contributed by atoms with Crippen LogP contribution in [0.5, 0.6) is 0 Å². The second-order valence-corrected chi connectivity index (χ2v) is 8.17.